The van der Waals surface area contributed by atoms with E-state index >= 15 is 0 Å². The zero-order chi connectivity index (χ0) is 15.6. The van der Waals surface area contributed by atoms with Gasteiger partial charge in [0.25, 0.3) is 0 Å². The van der Waals surface area contributed by atoms with Gasteiger partial charge in [0, 0.05) is 31.4 Å². The Kier molecular flexibility index (Phi) is 4.56. The van der Waals surface area contributed by atoms with Gasteiger partial charge in [0.2, 0.25) is 0 Å². The van der Waals surface area contributed by atoms with Crippen LogP contribution in [0, 0.1) is 5.92 Å². The Balaban J connectivity index is 2.17. The summed E-state index contributed by atoms with van der Waals surface area (Å²) >= 11 is 0. The molecule has 2 rings (SSSR count). The van der Waals surface area contributed by atoms with Crippen LogP contribution in [0.2, 0.25) is 0 Å². The molecule has 6 heteroatoms. The molecule has 1 aliphatic rings. The molecule has 1 unspecified atom stereocenters. The van der Waals surface area contributed by atoms with Gasteiger partial charge in [-0.1, -0.05) is 0 Å². The van der Waals surface area contributed by atoms with E-state index in [9.17, 15) is 18.0 Å². The van der Waals surface area contributed by atoms with Gasteiger partial charge in [0.15, 0.2) is 6.29 Å². The predicted octanol–water partition coefficient (Wildman–Crippen LogP) is 2.91. The number of hydrogen-bond acceptors (Lipinski definition) is 3. The number of carbonyl (C=O) groups is 1. The van der Waals surface area contributed by atoms with Gasteiger partial charge in [-0.15, -0.1) is 0 Å². The average Bonchev–Trinajstić information content (AvgIpc) is 2.82. The molecule has 0 N–H and O–H groups in total. The Hall–Kier alpha value is -1.56. The normalized spacial score (nSPS) is 19.8. The highest BCUT2D eigenvalue weighted by molar-refractivity contribution is 5.79. The van der Waals surface area contributed by atoms with Crippen molar-refractivity contribution in [2.75, 3.05) is 38.6 Å². The third kappa shape index (κ3) is 3.75. The number of likely N-dealkylation sites (tertiary alicyclic amines) is 1. The van der Waals surface area contributed by atoms with Crippen molar-refractivity contribution in [2.24, 2.45) is 5.92 Å². The second-order valence-corrected chi connectivity index (χ2v) is 5.68. The van der Waals surface area contributed by atoms with E-state index in [0.29, 0.717) is 18.2 Å². The largest absolute Gasteiger partial charge is 0.417 e. The highest BCUT2D eigenvalue weighted by Gasteiger charge is 2.34. The van der Waals surface area contributed by atoms with Crippen LogP contribution in [0.25, 0.3) is 0 Å². The van der Waals surface area contributed by atoms with Gasteiger partial charge < -0.3 is 9.80 Å². The number of alkyl halides is 3. The number of halogens is 3. The fraction of sp³-hybridized carbons (Fsp3) is 0.533. The van der Waals surface area contributed by atoms with E-state index in [0.717, 1.165) is 25.6 Å². The number of benzene rings is 1. The maximum atomic E-state index is 13.0. The number of anilines is 1. The van der Waals surface area contributed by atoms with Crippen molar-refractivity contribution in [3.63, 3.8) is 0 Å². The van der Waals surface area contributed by atoms with E-state index in [4.69, 9.17) is 0 Å². The van der Waals surface area contributed by atoms with E-state index in [-0.39, 0.29) is 11.8 Å². The van der Waals surface area contributed by atoms with E-state index < -0.39 is 11.7 Å². The quantitative estimate of drug-likeness (QED) is 0.799. The van der Waals surface area contributed by atoms with Crippen molar-refractivity contribution in [2.45, 2.75) is 12.6 Å². The summed E-state index contributed by atoms with van der Waals surface area (Å²) < 4.78 is 38.9. The lowest BCUT2D eigenvalue weighted by Crippen LogP contribution is -2.27. The Morgan fingerprint density at radius 2 is 2.14 bits per heavy atom. The summed E-state index contributed by atoms with van der Waals surface area (Å²) in [6, 6.07) is 3.86. The molecule has 1 aliphatic heterocycles. The maximum absolute atomic E-state index is 13.0. The van der Waals surface area contributed by atoms with E-state index in [1.807, 2.05) is 11.9 Å². The minimum atomic E-state index is -4.51. The van der Waals surface area contributed by atoms with Crippen LogP contribution in [0.5, 0.6) is 0 Å². The first-order chi connectivity index (χ1) is 9.81. The topological polar surface area (TPSA) is 23.6 Å². The number of hydrogen-bond donors (Lipinski definition) is 0. The smallest absolute Gasteiger partial charge is 0.374 e. The molecule has 0 bridgehead atoms. The van der Waals surface area contributed by atoms with Crippen molar-refractivity contribution in [3.05, 3.63) is 29.3 Å². The van der Waals surface area contributed by atoms with Gasteiger partial charge in [-0.25, -0.2) is 0 Å². The fourth-order valence-electron chi connectivity index (χ4n) is 2.80. The highest BCUT2D eigenvalue weighted by Crippen LogP contribution is 2.34. The number of carbonyl (C=O) groups excluding carboxylic acids is 1. The fourth-order valence-corrected chi connectivity index (χ4v) is 2.80. The molecule has 1 aromatic rings. The van der Waals surface area contributed by atoms with E-state index in [1.165, 1.54) is 6.07 Å². The first-order valence-electron chi connectivity index (χ1n) is 6.87. The number of rotatable bonds is 4. The molecular formula is C15H19F3N2O. The summed E-state index contributed by atoms with van der Waals surface area (Å²) in [4.78, 5) is 14.8. The van der Waals surface area contributed by atoms with Crippen LogP contribution in [0.3, 0.4) is 0 Å². The lowest BCUT2D eigenvalue weighted by molar-refractivity contribution is -0.137. The summed E-state index contributed by atoms with van der Waals surface area (Å²) in [6.07, 6.45) is -3.21. The van der Waals surface area contributed by atoms with Crippen LogP contribution < -0.4 is 4.90 Å². The third-order valence-electron chi connectivity index (χ3n) is 3.93. The van der Waals surface area contributed by atoms with E-state index in [2.05, 4.69) is 4.90 Å². The molecule has 0 saturated carbocycles. The first-order valence-corrected chi connectivity index (χ1v) is 6.87. The molecular weight excluding hydrogens is 281 g/mol. The third-order valence-corrected chi connectivity index (χ3v) is 3.93. The summed E-state index contributed by atoms with van der Waals surface area (Å²) in [5, 5.41) is 0. The number of aldehydes is 1. The van der Waals surface area contributed by atoms with Crippen molar-refractivity contribution in [1.29, 1.82) is 0 Å². The van der Waals surface area contributed by atoms with E-state index in [1.54, 1.807) is 13.1 Å². The Morgan fingerprint density at radius 1 is 1.43 bits per heavy atom. The molecule has 0 amide bonds. The predicted molar refractivity (Wildman–Crippen MR) is 75.7 cm³/mol. The van der Waals surface area contributed by atoms with Crippen LogP contribution in [0.15, 0.2) is 18.2 Å². The minimum Gasteiger partial charge on any atom is -0.374 e. The summed E-state index contributed by atoms with van der Waals surface area (Å²) in [6.45, 7) is 2.70. The van der Waals surface area contributed by atoms with Gasteiger partial charge in [-0.05, 0) is 44.1 Å². The van der Waals surface area contributed by atoms with Crippen LogP contribution in [-0.4, -0.2) is 44.9 Å². The SMILES string of the molecule is CN1CCC(CN(C)c2ccc(C=O)c(C(F)(F)F)c2)C1. The lowest BCUT2D eigenvalue weighted by atomic mass is 10.1. The molecule has 0 aromatic heterocycles. The molecule has 0 radical (unpaired) electrons. The minimum absolute atomic E-state index is 0.249. The van der Waals surface area contributed by atoms with Crippen LogP contribution in [0.1, 0.15) is 22.3 Å². The molecule has 116 valence electrons. The van der Waals surface area contributed by atoms with Gasteiger partial charge in [-0.3, -0.25) is 4.79 Å². The molecule has 3 nitrogen and oxygen atoms in total. The van der Waals surface area contributed by atoms with Crippen LogP contribution in [-0.2, 0) is 6.18 Å². The van der Waals surface area contributed by atoms with Crippen molar-refractivity contribution in [3.8, 4) is 0 Å². The van der Waals surface area contributed by atoms with Crippen LogP contribution in [0.4, 0.5) is 18.9 Å². The number of nitrogens with zero attached hydrogens (tertiary/aromatic N) is 2. The molecule has 1 fully saturated rings. The molecule has 1 heterocycles. The standard InChI is InChI=1S/C15H19F3N2O/c1-19-6-5-11(8-19)9-20(2)13-4-3-12(10-21)14(7-13)15(16,17)18/h3-4,7,10-11H,5-6,8-9H2,1-2H3. The zero-order valence-electron chi connectivity index (χ0n) is 12.2. The summed E-state index contributed by atoms with van der Waals surface area (Å²) in [5.74, 6) is 0.458. The van der Waals surface area contributed by atoms with Gasteiger partial charge in [-0.2, -0.15) is 13.2 Å². The van der Waals surface area contributed by atoms with Crippen molar-refractivity contribution >= 4 is 12.0 Å². The second kappa shape index (κ2) is 6.05. The first kappa shape index (κ1) is 15.8. The molecule has 1 aromatic carbocycles. The highest BCUT2D eigenvalue weighted by atomic mass is 19.4. The van der Waals surface area contributed by atoms with Gasteiger partial charge >= 0.3 is 6.18 Å². The molecule has 21 heavy (non-hydrogen) atoms. The summed E-state index contributed by atoms with van der Waals surface area (Å²) in [7, 11) is 3.83. The maximum Gasteiger partial charge on any atom is 0.417 e. The molecule has 0 spiro atoms. The Labute approximate surface area is 122 Å². The Bertz CT molecular complexity index is 516. The summed E-state index contributed by atoms with van der Waals surface area (Å²) in [5.41, 5.74) is -0.701. The van der Waals surface area contributed by atoms with Crippen molar-refractivity contribution < 1.29 is 18.0 Å². The average molecular weight is 300 g/mol. The van der Waals surface area contributed by atoms with Gasteiger partial charge in [0.05, 0.1) is 5.56 Å². The van der Waals surface area contributed by atoms with Crippen molar-refractivity contribution in [1.82, 2.24) is 4.90 Å². The monoisotopic (exact) mass is 300 g/mol. The molecule has 0 aliphatic carbocycles. The Morgan fingerprint density at radius 3 is 2.67 bits per heavy atom. The lowest BCUT2D eigenvalue weighted by Gasteiger charge is -2.24. The second-order valence-electron chi connectivity index (χ2n) is 5.68. The van der Waals surface area contributed by atoms with Crippen LogP contribution >= 0.6 is 0 Å². The molecule has 1 saturated heterocycles. The molecule has 1 atom stereocenters. The zero-order valence-corrected chi connectivity index (χ0v) is 12.2. The van der Waals surface area contributed by atoms with Gasteiger partial charge in [0.1, 0.15) is 0 Å².